The summed E-state index contributed by atoms with van der Waals surface area (Å²) in [5.41, 5.74) is 0.861. The van der Waals surface area contributed by atoms with Crippen molar-refractivity contribution in [2.45, 2.75) is 45.6 Å². The SMILES string of the molecule is CC(C)(C)OC(=O)CCCCN(N)c1nccn2c(C#N)ccc12. The second-order valence-electron chi connectivity index (χ2n) is 6.57. The van der Waals surface area contributed by atoms with E-state index in [0.717, 1.165) is 11.9 Å². The molecule has 7 heteroatoms. The topological polar surface area (TPSA) is 96.7 Å². The molecule has 0 atom stereocenters. The summed E-state index contributed by atoms with van der Waals surface area (Å²) >= 11 is 0. The minimum absolute atomic E-state index is 0.198. The summed E-state index contributed by atoms with van der Waals surface area (Å²) in [6.07, 6.45) is 5.14. The van der Waals surface area contributed by atoms with Gasteiger partial charge in [0.1, 0.15) is 17.4 Å². The third-order valence-electron chi connectivity index (χ3n) is 3.40. The van der Waals surface area contributed by atoms with Crippen molar-refractivity contribution in [3.05, 3.63) is 30.2 Å². The lowest BCUT2D eigenvalue weighted by atomic mass is 10.2. The van der Waals surface area contributed by atoms with Gasteiger partial charge >= 0.3 is 5.97 Å². The summed E-state index contributed by atoms with van der Waals surface area (Å²) in [5, 5.41) is 10.6. The number of hydrazine groups is 1. The van der Waals surface area contributed by atoms with E-state index in [1.807, 2.05) is 26.8 Å². The van der Waals surface area contributed by atoms with E-state index in [9.17, 15) is 4.79 Å². The molecule has 0 saturated heterocycles. The van der Waals surface area contributed by atoms with Gasteiger partial charge in [-0.25, -0.2) is 10.8 Å². The van der Waals surface area contributed by atoms with Gasteiger partial charge in [0.25, 0.3) is 0 Å². The summed E-state index contributed by atoms with van der Waals surface area (Å²) in [5.74, 6) is 6.50. The number of carbonyl (C=O) groups is 1. The molecule has 0 unspecified atom stereocenters. The van der Waals surface area contributed by atoms with Gasteiger partial charge in [0.05, 0.1) is 5.52 Å². The fraction of sp³-hybridized carbons (Fsp3) is 0.471. The lowest BCUT2D eigenvalue weighted by Crippen LogP contribution is -2.33. The normalized spacial score (nSPS) is 11.3. The molecule has 0 radical (unpaired) electrons. The Morgan fingerprint density at radius 2 is 2.17 bits per heavy atom. The molecule has 0 aliphatic heterocycles. The zero-order valence-electron chi connectivity index (χ0n) is 14.3. The van der Waals surface area contributed by atoms with Crippen LogP contribution in [0.4, 0.5) is 5.82 Å². The molecule has 0 spiro atoms. The lowest BCUT2D eigenvalue weighted by Gasteiger charge is -2.20. The van der Waals surface area contributed by atoms with E-state index >= 15 is 0 Å². The zero-order chi connectivity index (χ0) is 17.7. The largest absolute Gasteiger partial charge is 0.460 e. The first kappa shape index (κ1) is 17.8. The maximum atomic E-state index is 11.7. The molecule has 0 bridgehead atoms. The number of unbranched alkanes of at least 4 members (excludes halogenated alkanes) is 1. The van der Waals surface area contributed by atoms with Crippen LogP contribution in [-0.2, 0) is 9.53 Å². The minimum Gasteiger partial charge on any atom is -0.460 e. The summed E-state index contributed by atoms with van der Waals surface area (Å²) in [6.45, 7) is 6.12. The summed E-state index contributed by atoms with van der Waals surface area (Å²) < 4.78 is 7.02. The number of nitrogens with two attached hydrogens (primary N) is 1. The Hall–Kier alpha value is -2.59. The molecular weight excluding hydrogens is 306 g/mol. The standard InChI is InChI=1S/C17H23N5O2/c1-17(2,3)24-15(23)6-4-5-10-22(19)16-14-8-7-13(12-18)21(14)11-9-20-16/h7-9,11H,4-6,10,19H2,1-3H3. The van der Waals surface area contributed by atoms with Crippen LogP contribution in [0.3, 0.4) is 0 Å². The minimum atomic E-state index is -0.454. The monoisotopic (exact) mass is 329 g/mol. The number of esters is 1. The van der Waals surface area contributed by atoms with Crippen LogP contribution < -0.4 is 10.9 Å². The first-order chi connectivity index (χ1) is 11.3. The van der Waals surface area contributed by atoms with E-state index in [-0.39, 0.29) is 5.97 Å². The molecule has 2 N–H and O–H groups in total. The highest BCUT2D eigenvalue weighted by Gasteiger charge is 2.16. The summed E-state index contributed by atoms with van der Waals surface area (Å²) in [4.78, 5) is 16.0. The van der Waals surface area contributed by atoms with Crippen molar-refractivity contribution in [1.82, 2.24) is 9.38 Å². The number of hydrogen-bond acceptors (Lipinski definition) is 6. The van der Waals surface area contributed by atoms with Gasteiger partial charge in [-0.3, -0.25) is 9.80 Å². The van der Waals surface area contributed by atoms with E-state index in [1.165, 1.54) is 0 Å². The Balaban J connectivity index is 1.90. The van der Waals surface area contributed by atoms with Crippen LogP contribution in [0, 0.1) is 11.3 Å². The van der Waals surface area contributed by atoms with Crippen molar-refractivity contribution in [3.8, 4) is 6.07 Å². The fourth-order valence-electron chi connectivity index (χ4n) is 2.39. The molecule has 7 nitrogen and oxygen atoms in total. The molecule has 2 aromatic rings. The number of anilines is 1. The van der Waals surface area contributed by atoms with E-state index in [1.54, 1.807) is 27.9 Å². The third-order valence-corrected chi connectivity index (χ3v) is 3.40. The van der Waals surface area contributed by atoms with Gasteiger partial charge in [-0.2, -0.15) is 5.26 Å². The maximum absolute atomic E-state index is 11.7. The van der Waals surface area contributed by atoms with Crippen LogP contribution in [0.2, 0.25) is 0 Å². The first-order valence-electron chi connectivity index (χ1n) is 7.92. The highest BCUT2D eigenvalue weighted by Crippen LogP contribution is 2.19. The van der Waals surface area contributed by atoms with Gasteiger partial charge < -0.3 is 9.14 Å². The fourth-order valence-corrected chi connectivity index (χ4v) is 2.39. The van der Waals surface area contributed by atoms with Gasteiger partial charge in [-0.1, -0.05) is 0 Å². The Morgan fingerprint density at radius 1 is 1.42 bits per heavy atom. The number of carbonyl (C=O) groups excluding carboxylic acids is 1. The Bertz CT molecular complexity index is 754. The van der Waals surface area contributed by atoms with Crippen molar-refractivity contribution in [3.63, 3.8) is 0 Å². The van der Waals surface area contributed by atoms with Crippen LogP contribution >= 0.6 is 0 Å². The van der Waals surface area contributed by atoms with E-state index < -0.39 is 5.60 Å². The molecule has 128 valence electrons. The average molecular weight is 329 g/mol. The number of fused-ring (bicyclic) bond motifs is 1. The Morgan fingerprint density at radius 3 is 2.83 bits per heavy atom. The van der Waals surface area contributed by atoms with Crippen LogP contribution in [-0.4, -0.2) is 27.5 Å². The predicted octanol–water partition coefficient (Wildman–Crippen LogP) is 2.40. The van der Waals surface area contributed by atoms with Gasteiger partial charge in [-0.15, -0.1) is 0 Å². The molecule has 0 fully saturated rings. The molecule has 0 aliphatic rings. The van der Waals surface area contributed by atoms with Crippen molar-refractivity contribution in [2.24, 2.45) is 5.84 Å². The highest BCUT2D eigenvalue weighted by molar-refractivity contribution is 5.70. The highest BCUT2D eigenvalue weighted by atomic mass is 16.6. The quantitative estimate of drug-likeness (QED) is 0.378. The van der Waals surface area contributed by atoms with Crippen LogP contribution in [0.5, 0.6) is 0 Å². The molecule has 0 aliphatic carbocycles. The Labute approximate surface area is 141 Å². The number of nitriles is 1. The zero-order valence-corrected chi connectivity index (χ0v) is 14.3. The molecule has 0 amide bonds. The third kappa shape index (κ3) is 4.46. The lowest BCUT2D eigenvalue weighted by molar-refractivity contribution is -0.154. The molecular formula is C17H23N5O2. The van der Waals surface area contributed by atoms with Gasteiger partial charge in [0, 0.05) is 25.4 Å². The second-order valence-corrected chi connectivity index (χ2v) is 6.57. The first-order valence-corrected chi connectivity index (χ1v) is 7.92. The molecule has 0 saturated carbocycles. The molecule has 24 heavy (non-hydrogen) atoms. The van der Waals surface area contributed by atoms with Crippen molar-refractivity contribution < 1.29 is 9.53 Å². The van der Waals surface area contributed by atoms with E-state index in [2.05, 4.69) is 11.1 Å². The van der Waals surface area contributed by atoms with Crippen molar-refractivity contribution >= 4 is 17.3 Å². The number of hydrogen-bond donors (Lipinski definition) is 1. The molecule has 0 aromatic carbocycles. The number of rotatable bonds is 6. The van der Waals surface area contributed by atoms with Gasteiger partial charge in [0.15, 0.2) is 5.82 Å². The second kappa shape index (κ2) is 7.32. The van der Waals surface area contributed by atoms with Crippen LogP contribution in [0.15, 0.2) is 24.5 Å². The molecule has 2 heterocycles. The summed E-state index contributed by atoms with van der Waals surface area (Å²) in [6, 6.07) is 5.68. The number of ether oxygens (including phenoxy) is 1. The summed E-state index contributed by atoms with van der Waals surface area (Å²) in [7, 11) is 0. The molecule has 2 aromatic heterocycles. The maximum Gasteiger partial charge on any atom is 0.306 e. The van der Waals surface area contributed by atoms with E-state index in [4.69, 9.17) is 15.8 Å². The average Bonchev–Trinajstić information content (AvgIpc) is 2.92. The predicted molar refractivity (Wildman–Crippen MR) is 91.1 cm³/mol. The van der Waals surface area contributed by atoms with Gasteiger partial charge in [-0.05, 0) is 45.7 Å². The Kier molecular flexibility index (Phi) is 5.42. The van der Waals surface area contributed by atoms with Crippen molar-refractivity contribution in [1.29, 1.82) is 5.26 Å². The van der Waals surface area contributed by atoms with Crippen molar-refractivity contribution in [2.75, 3.05) is 11.6 Å². The number of nitrogens with zero attached hydrogens (tertiary/aromatic N) is 4. The van der Waals surface area contributed by atoms with Crippen LogP contribution in [0.25, 0.3) is 5.52 Å². The van der Waals surface area contributed by atoms with Gasteiger partial charge in [0.2, 0.25) is 0 Å². The van der Waals surface area contributed by atoms with E-state index in [0.29, 0.717) is 30.9 Å². The van der Waals surface area contributed by atoms with Crippen LogP contribution in [0.1, 0.15) is 45.7 Å². The molecule has 2 rings (SSSR count). The smallest absolute Gasteiger partial charge is 0.306 e. The number of aromatic nitrogens is 2.